The number of methoxy groups -OCH3 is 3. The molecular weight excluding hydrogens is 409 g/mol. The first-order valence-electron chi connectivity index (χ1n) is 8.05. The minimum absolute atomic E-state index is 0.0613. The molecule has 2 aromatic rings. The molecule has 5 nitrogen and oxygen atoms in total. The number of nitrogens with one attached hydrogen (secondary N) is 1. The van der Waals surface area contributed by atoms with Crippen LogP contribution in [0.15, 0.2) is 30.3 Å². The summed E-state index contributed by atoms with van der Waals surface area (Å²) < 4.78 is 15.9. The molecule has 0 saturated heterocycles. The van der Waals surface area contributed by atoms with Gasteiger partial charge in [0, 0.05) is 12.3 Å². The lowest BCUT2D eigenvalue weighted by molar-refractivity contribution is -0.118. The highest BCUT2D eigenvalue weighted by Crippen LogP contribution is 2.38. The maximum Gasteiger partial charge on any atom is 0.230 e. The summed E-state index contributed by atoms with van der Waals surface area (Å²) in [6, 6.07) is 9.08. The number of rotatable bonds is 9. The summed E-state index contributed by atoms with van der Waals surface area (Å²) in [6.07, 6.45) is 0. The molecule has 0 aromatic heterocycles. The number of hydrogen-bond acceptors (Lipinski definition) is 5. The maximum atomic E-state index is 12.1. The Hall–Kier alpha value is -1.76. The van der Waals surface area contributed by atoms with Crippen molar-refractivity contribution < 1.29 is 19.0 Å². The van der Waals surface area contributed by atoms with Crippen molar-refractivity contribution in [2.45, 2.75) is 12.3 Å². The third-order valence-corrected chi connectivity index (χ3v) is 5.44. The van der Waals surface area contributed by atoms with Gasteiger partial charge in [0.15, 0.2) is 11.5 Å². The monoisotopic (exact) mass is 429 g/mol. The van der Waals surface area contributed by atoms with E-state index in [-0.39, 0.29) is 5.91 Å². The molecule has 0 aliphatic carbocycles. The quantitative estimate of drug-likeness (QED) is 0.632. The van der Waals surface area contributed by atoms with Crippen LogP contribution in [-0.2, 0) is 17.1 Å². The van der Waals surface area contributed by atoms with E-state index >= 15 is 0 Å². The zero-order chi connectivity index (χ0) is 19.8. The highest BCUT2D eigenvalue weighted by Gasteiger charge is 2.13. The van der Waals surface area contributed by atoms with Crippen LogP contribution in [-0.4, -0.2) is 33.0 Å². The second-order valence-electron chi connectivity index (χ2n) is 5.55. The Kier molecular flexibility index (Phi) is 8.41. The van der Waals surface area contributed by atoms with Gasteiger partial charge in [-0.2, -0.15) is 0 Å². The van der Waals surface area contributed by atoms with Gasteiger partial charge < -0.3 is 19.5 Å². The first kappa shape index (κ1) is 21.5. The molecule has 1 amide bonds. The van der Waals surface area contributed by atoms with E-state index in [0.717, 1.165) is 11.1 Å². The van der Waals surface area contributed by atoms with E-state index in [1.165, 1.54) is 11.8 Å². The van der Waals surface area contributed by atoms with Crippen LogP contribution in [0.2, 0.25) is 10.0 Å². The van der Waals surface area contributed by atoms with E-state index in [4.69, 9.17) is 37.4 Å². The third-order valence-electron chi connectivity index (χ3n) is 3.70. The molecule has 0 aliphatic heterocycles. The predicted octanol–water partition coefficient (Wildman–Crippen LogP) is 4.57. The predicted molar refractivity (Wildman–Crippen MR) is 111 cm³/mol. The van der Waals surface area contributed by atoms with Crippen molar-refractivity contribution >= 4 is 40.9 Å². The minimum Gasteiger partial charge on any atom is -0.493 e. The van der Waals surface area contributed by atoms with Crippen LogP contribution in [0.4, 0.5) is 0 Å². The first-order chi connectivity index (χ1) is 13.0. The van der Waals surface area contributed by atoms with Crippen LogP contribution in [0.3, 0.4) is 0 Å². The molecule has 0 unspecified atom stereocenters. The smallest absolute Gasteiger partial charge is 0.230 e. The lowest BCUT2D eigenvalue weighted by Gasteiger charge is -2.14. The summed E-state index contributed by atoms with van der Waals surface area (Å²) >= 11 is 13.4. The van der Waals surface area contributed by atoms with E-state index in [0.29, 0.717) is 45.3 Å². The van der Waals surface area contributed by atoms with Crippen LogP contribution >= 0.6 is 35.0 Å². The van der Waals surface area contributed by atoms with E-state index < -0.39 is 0 Å². The molecule has 0 fully saturated rings. The Bertz CT molecular complexity index is 776. The van der Waals surface area contributed by atoms with E-state index in [2.05, 4.69) is 5.32 Å². The highest BCUT2D eigenvalue weighted by molar-refractivity contribution is 7.99. The number of carbonyl (C=O) groups excluding carboxylic acids is 1. The van der Waals surface area contributed by atoms with Crippen molar-refractivity contribution in [2.75, 3.05) is 27.1 Å². The molecule has 2 aromatic carbocycles. The fourth-order valence-electron chi connectivity index (χ4n) is 2.38. The normalized spacial score (nSPS) is 10.4. The molecule has 0 heterocycles. The van der Waals surface area contributed by atoms with E-state index in [9.17, 15) is 4.79 Å². The zero-order valence-corrected chi connectivity index (χ0v) is 17.6. The SMILES string of the molecule is COc1cc(CNC(=O)CSCc2ccc(Cl)c(Cl)c2)cc(OC)c1OC. The van der Waals surface area contributed by atoms with E-state index in [1.807, 2.05) is 24.3 Å². The average Bonchev–Trinajstić information content (AvgIpc) is 2.68. The Morgan fingerprint density at radius 3 is 2.19 bits per heavy atom. The Morgan fingerprint density at radius 1 is 0.963 bits per heavy atom. The molecule has 1 N–H and O–H groups in total. The van der Waals surface area contributed by atoms with Gasteiger partial charge in [-0.25, -0.2) is 0 Å². The summed E-state index contributed by atoms with van der Waals surface area (Å²) in [7, 11) is 4.66. The van der Waals surface area contributed by atoms with Crippen molar-refractivity contribution in [1.82, 2.24) is 5.32 Å². The first-order valence-corrected chi connectivity index (χ1v) is 9.96. The number of halogens is 2. The van der Waals surface area contributed by atoms with Gasteiger partial charge in [-0.05, 0) is 35.4 Å². The van der Waals surface area contributed by atoms with Crippen LogP contribution in [0.5, 0.6) is 17.2 Å². The molecule has 8 heteroatoms. The standard InChI is InChI=1S/C19H21Cl2NO4S/c1-24-16-7-13(8-17(25-2)19(16)26-3)9-22-18(23)11-27-10-12-4-5-14(20)15(21)6-12/h4-8H,9-11H2,1-3H3,(H,22,23). The van der Waals surface area contributed by atoms with Gasteiger partial charge in [-0.1, -0.05) is 29.3 Å². The van der Waals surface area contributed by atoms with E-state index in [1.54, 1.807) is 27.4 Å². The third kappa shape index (κ3) is 6.13. The number of hydrogen-bond donors (Lipinski definition) is 1. The number of amides is 1. The molecule has 0 aliphatic rings. The van der Waals surface area contributed by atoms with Crippen molar-refractivity contribution in [2.24, 2.45) is 0 Å². The summed E-state index contributed by atoms with van der Waals surface area (Å²) in [4.78, 5) is 12.1. The van der Waals surface area contributed by atoms with Crippen molar-refractivity contribution in [3.05, 3.63) is 51.5 Å². The van der Waals surface area contributed by atoms with Gasteiger partial charge >= 0.3 is 0 Å². The summed E-state index contributed by atoms with van der Waals surface area (Å²) in [6.45, 7) is 0.364. The Balaban J connectivity index is 1.87. The fourth-order valence-corrected chi connectivity index (χ4v) is 3.51. The fraction of sp³-hybridized carbons (Fsp3) is 0.316. The molecule has 0 bridgehead atoms. The number of ether oxygens (including phenoxy) is 3. The molecule has 0 saturated carbocycles. The number of carbonyl (C=O) groups is 1. The summed E-state index contributed by atoms with van der Waals surface area (Å²) in [5.74, 6) is 2.57. The van der Waals surface area contributed by atoms with Crippen molar-refractivity contribution in [1.29, 1.82) is 0 Å². The van der Waals surface area contributed by atoms with Crippen LogP contribution in [0, 0.1) is 0 Å². The van der Waals surface area contributed by atoms with Crippen LogP contribution in [0.1, 0.15) is 11.1 Å². The molecule has 2 rings (SSSR count). The van der Waals surface area contributed by atoms with Gasteiger partial charge in [0.2, 0.25) is 11.7 Å². The maximum absolute atomic E-state index is 12.1. The minimum atomic E-state index is -0.0613. The Labute approximate surface area is 173 Å². The van der Waals surface area contributed by atoms with Gasteiger partial charge in [-0.15, -0.1) is 11.8 Å². The van der Waals surface area contributed by atoms with Gasteiger partial charge in [0.1, 0.15) is 0 Å². The average molecular weight is 430 g/mol. The van der Waals surface area contributed by atoms with Crippen molar-refractivity contribution in [3.8, 4) is 17.2 Å². The molecular formula is C19H21Cl2NO4S. The van der Waals surface area contributed by atoms with Crippen molar-refractivity contribution in [3.63, 3.8) is 0 Å². The second-order valence-corrected chi connectivity index (χ2v) is 7.35. The molecule has 27 heavy (non-hydrogen) atoms. The van der Waals surface area contributed by atoms with Gasteiger partial charge in [-0.3, -0.25) is 4.79 Å². The molecule has 146 valence electrons. The lowest BCUT2D eigenvalue weighted by Crippen LogP contribution is -2.24. The molecule has 0 radical (unpaired) electrons. The summed E-state index contributed by atoms with van der Waals surface area (Å²) in [5, 5.41) is 3.92. The molecule has 0 atom stereocenters. The number of benzene rings is 2. The van der Waals surface area contributed by atoms with Gasteiger partial charge in [0.25, 0.3) is 0 Å². The van der Waals surface area contributed by atoms with Crippen LogP contribution in [0.25, 0.3) is 0 Å². The molecule has 0 spiro atoms. The summed E-state index contributed by atoms with van der Waals surface area (Å²) in [5.41, 5.74) is 1.87. The topological polar surface area (TPSA) is 56.8 Å². The largest absolute Gasteiger partial charge is 0.493 e. The highest BCUT2D eigenvalue weighted by atomic mass is 35.5. The van der Waals surface area contributed by atoms with Crippen LogP contribution < -0.4 is 19.5 Å². The van der Waals surface area contributed by atoms with Gasteiger partial charge in [0.05, 0.1) is 37.1 Å². The second kappa shape index (κ2) is 10.5. The number of thioether (sulfide) groups is 1. The zero-order valence-electron chi connectivity index (χ0n) is 15.3. The lowest BCUT2D eigenvalue weighted by atomic mass is 10.2. The Morgan fingerprint density at radius 2 is 1.63 bits per heavy atom.